The van der Waals surface area contributed by atoms with Crippen LogP contribution in [-0.2, 0) is 9.59 Å². The molecular weight excluding hydrogens is 242 g/mol. The molecule has 110 valence electrons. The molecular formula is C14H27N3O2. The first-order chi connectivity index (χ1) is 8.90. The third-order valence-corrected chi connectivity index (χ3v) is 3.61. The van der Waals surface area contributed by atoms with E-state index < -0.39 is 5.91 Å². The molecule has 0 radical (unpaired) electrons. The van der Waals surface area contributed by atoms with Gasteiger partial charge < -0.3 is 16.0 Å². The average molecular weight is 269 g/mol. The predicted octanol–water partition coefficient (Wildman–Crippen LogP) is 0.735. The maximum atomic E-state index is 12.3. The predicted molar refractivity (Wildman–Crippen MR) is 75.4 cm³/mol. The van der Waals surface area contributed by atoms with Crippen molar-refractivity contribution in [2.24, 2.45) is 17.6 Å². The van der Waals surface area contributed by atoms with Crippen LogP contribution in [0.1, 0.15) is 40.0 Å². The lowest BCUT2D eigenvalue weighted by molar-refractivity contribution is -0.136. The van der Waals surface area contributed by atoms with E-state index in [1.807, 2.05) is 13.8 Å². The van der Waals surface area contributed by atoms with Gasteiger partial charge in [0.2, 0.25) is 11.8 Å². The van der Waals surface area contributed by atoms with Gasteiger partial charge in [0.15, 0.2) is 0 Å². The van der Waals surface area contributed by atoms with Crippen LogP contribution in [0, 0.1) is 11.8 Å². The van der Waals surface area contributed by atoms with Crippen molar-refractivity contribution in [3.05, 3.63) is 0 Å². The zero-order chi connectivity index (χ0) is 14.4. The van der Waals surface area contributed by atoms with Crippen LogP contribution in [0.25, 0.3) is 0 Å². The molecule has 1 heterocycles. The van der Waals surface area contributed by atoms with Crippen LogP contribution in [0.15, 0.2) is 0 Å². The highest BCUT2D eigenvalue weighted by molar-refractivity contribution is 5.84. The molecule has 2 amide bonds. The van der Waals surface area contributed by atoms with Crippen molar-refractivity contribution < 1.29 is 9.59 Å². The Morgan fingerprint density at radius 3 is 2.63 bits per heavy atom. The van der Waals surface area contributed by atoms with Crippen molar-refractivity contribution in [2.75, 3.05) is 19.6 Å². The Hall–Kier alpha value is -1.10. The van der Waals surface area contributed by atoms with Crippen molar-refractivity contribution in [3.63, 3.8) is 0 Å². The summed E-state index contributed by atoms with van der Waals surface area (Å²) in [6.45, 7) is 7.82. The number of piperidine rings is 1. The number of carbonyl (C=O) groups excluding carboxylic acids is 2. The summed E-state index contributed by atoms with van der Waals surface area (Å²) in [5, 5.41) is 3.40. The van der Waals surface area contributed by atoms with E-state index in [0.717, 1.165) is 13.0 Å². The third-order valence-electron chi connectivity index (χ3n) is 3.61. The van der Waals surface area contributed by atoms with Crippen LogP contribution in [-0.4, -0.2) is 42.4 Å². The van der Waals surface area contributed by atoms with Gasteiger partial charge in [0.1, 0.15) is 0 Å². The van der Waals surface area contributed by atoms with Gasteiger partial charge in [-0.3, -0.25) is 9.59 Å². The minimum absolute atomic E-state index is 0.0259. The summed E-state index contributed by atoms with van der Waals surface area (Å²) in [7, 11) is 0. The highest BCUT2D eigenvalue weighted by Crippen LogP contribution is 2.19. The number of nitrogens with two attached hydrogens (primary N) is 1. The summed E-state index contributed by atoms with van der Waals surface area (Å²) in [5.41, 5.74) is 5.22. The number of rotatable bonds is 6. The summed E-state index contributed by atoms with van der Waals surface area (Å²) in [4.78, 5) is 25.0. The Bertz CT molecular complexity index is 318. The number of nitrogens with one attached hydrogen (secondary N) is 1. The fourth-order valence-corrected chi connectivity index (χ4v) is 2.59. The molecule has 5 nitrogen and oxygen atoms in total. The van der Waals surface area contributed by atoms with Crippen molar-refractivity contribution in [1.82, 2.24) is 10.2 Å². The molecule has 1 fully saturated rings. The second-order valence-corrected chi connectivity index (χ2v) is 6.02. The van der Waals surface area contributed by atoms with Gasteiger partial charge in [-0.25, -0.2) is 0 Å². The van der Waals surface area contributed by atoms with Gasteiger partial charge >= 0.3 is 0 Å². The molecule has 0 spiro atoms. The Morgan fingerprint density at radius 1 is 1.42 bits per heavy atom. The second kappa shape index (κ2) is 7.48. The van der Waals surface area contributed by atoms with E-state index in [2.05, 4.69) is 12.2 Å². The molecule has 0 aromatic heterocycles. The van der Waals surface area contributed by atoms with Crippen LogP contribution < -0.4 is 11.1 Å². The van der Waals surface area contributed by atoms with Gasteiger partial charge in [0, 0.05) is 19.0 Å². The largest absolute Gasteiger partial charge is 0.368 e. The highest BCUT2D eigenvalue weighted by atomic mass is 16.2. The molecule has 0 aromatic rings. The highest BCUT2D eigenvalue weighted by Gasteiger charge is 2.26. The first-order valence-corrected chi connectivity index (χ1v) is 7.19. The summed E-state index contributed by atoms with van der Waals surface area (Å²) < 4.78 is 0. The lowest BCUT2D eigenvalue weighted by Crippen LogP contribution is -2.47. The summed E-state index contributed by atoms with van der Waals surface area (Å²) >= 11 is 0. The lowest BCUT2D eigenvalue weighted by Gasteiger charge is -2.32. The third kappa shape index (κ3) is 5.59. The van der Waals surface area contributed by atoms with Gasteiger partial charge in [0.25, 0.3) is 0 Å². The number of nitrogens with zero attached hydrogens (tertiary/aromatic N) is 1. The van der Waals surface area contributed by atoms with Gasteiger partial charge in [0.05, 0.1) is 6.54 Å². The maximum Gasteiger partial charge on any atom is 0.237 e. The fourth-order valence-electron chi connectivity index (χ4n) is 2.59. The number of hydrogen-bond donors (Lipinski definition) is 2. The number of carbonyl (C=O) groups is 2. The first-order valence-electron chi connectivity index (χ1n) is 7.19. The van der Waals surface area contributed by atoms with Crippen molar-refractivity contribution in [3.8, 4) is 0 Å². The zero-order valence-corrected chi connectivity index (χ0v) is 12.3. The molecule has 1 saturated heterocycles. The van der Waals surface area contributed by atoms with Crippen molar-refractivity contribution >= 4 is 11.8 Å². The lowest BCUT2D eigenvalue weighted by atomic mass is 9.90. The SMILES string of the molecule is CC(C)CN(CC(N)=O)C(=O)CC1NCCCC1C. The van der Waals surface area contributed by atoms with E-state index in [4.69, 9.17) is 5.73 Å². The number of amides is 2. The van der Waals surface area contributed by atoms with Gasteiger partial charge in [-0.05, 0) is 31.2 Å². The van der Waals surface area contributed by atoms with Crippen molar-refractivity contribution in [2.45, 2.75) is 46.1 Å². The van der Waals surface area contributed by atoms with Crippen LogP contribution in [0.4, 0.5) is 0 Å². The maximum absolute atomic E-state index is 12.3. The molecule has 0 bridgehead atoms. The Morgan fingerprint density at radius 2 is 2.11 bits per heavy atom. The Balaban J connectivity index is 2.57. The van der Waals surface area contributed by atoms with E-state index in [9.17, 15) is 9.59 Å². The standard InChI is InChI=1S/C14H27N3O2/c1-10(2)8-17(9-13(15)18)14(19)7-12-11(3)5-4-6-16-12/h10-12,16H,4-9H2,1-3H3,(H2,15,18). The number of hydrogen-bond acceptors (Lipinski definition) is 3. The van der Waals surface area contributed by atoms with Gasteiger partial charge in [-0.15, -0.1) is 0 Å². The van der Waals surface area contributed by atoms with Crippen LogP contribution in [0.2, 0.25) is 0 Å². The monoisotopic (exact) mass is 269 g/mol. The second-order valence-electron chi connectivity index (χ2n) is 6.02. The molecule has 3 N–H and O–H groups in total. The smallest absolute Gasteiger partial charge is 0.237 e. The van der Waals surface area contributed by atoms with E-state index in [-0.39, 0.29) is 18.5 Å². The molecule has 0 saturated carbocycles. The van der Waals surface area contributed by atoms with Gasteiger partial charge in [-0.2, -0.15) is 0 Å². The van der Waals surface area contributed by atoms with E-state index in [1.165, 1.54) is 6.42 Å². The molecule has 5 heteroatoms. The van der Waals surface area contributed by atoms with Crippen LogP contribution in [0.3, 0.4) is 0 Å². The van der Waals surface area contributed by atoms with E-state index in [0.29, 0.717) is 24.8 Å². The quantitative estimate of drug-likeness (QED) is 0.746. The van der Waals surface area contributed by atoms with Crippen LogP contribution in [0.5, 0.6) is 0 Å². The minimum atomic E-state index is -0.446. The molecule has 1 aliphatic heterocycles. The summed E-state index contributed by atoms with van der Waals surface area (Å²) in [6.07, 6.45) is 2.79. The topological polar surface area (TPSA) is 75.4 Å². The molecule has 2 unspecified atom stereocenters. The Kier molecular flexibility index (Phi) is 6.28. The van der Waals surface area contributed by atoms with Crippen LogP contribution >= 0.6 is 0 Å². The molecule has 2 atom stereocenters. The molecule has 19 heavy (non-hydrogen) atoms. The Labute approximate surface area is 115 Å². The summed E-state index contributed by atoms with van der Waals surface area (Å²) in [6, 6.07) is 0.226. The first kappa shape index (κ1) is 16.0. The molecule has 0 aliphatic carbocycles. The fraction of sp³-hybridized carbons (Fsp3) is 0.857. The van der Waals surface area contributed by atoms with E-state index in [1.54, 1.807) is 4.90 Å². The normalized spacial score (nSPS) is 23.4. The van der Waals surface area contributed by atoms with Gasteiger partial charge in [-0.1, -0.05) is 20.8 Å². The molecule has 1 rings (SSSR count). The minimum Gasteiger partial charge on any atom is -0.368 e. The zero-order valence-electron chi connectivity index (χ0n) is 12.3. The van der Waals surface area contributed by atoms with Crippen molar-refractivity contribution in [1.29, 1.82) is 0 Å². The number of primary amides is 1. The molecule has 0 aromatic carbocycles. The summed E-state index contributed by atoms with van der Waals surface area (Å²) in [5.74, 6) is 0.421. The average Bonchev–Trinajstić information content (AvgIpc) is 2.30. The van der Waals surface area contributed by atoms with E-state index >= 15 is 0 Å². The molecule has 1 aliphatic rings.